The van der Waals surface area contributed by atoms with E-state index in [0.717, 1.165) is 25.4 Å². The number of nitrogens with zero attached hydrogens (tertiary/aromatic N) is 1. The second-order valence-electron chi connectivity index (χ2n) is 4.97. The van der Waals surface area contributed by atoms with Gasteiger partial charge in [-0.2, -0.15) is 0 Å². The van der Waals surface area contributed by atoms with Crippen LogP contribution in [-0.4, -0.2) is 31.8 Å². The maximum absolute atomic E-state index is 5.73. The first-order valence-corrected chi connectivity index (χ1v) is 6.40. The molecule has 1 fully saturated rings. The summed E-state index contributed by atoms with van der Waals surface area (Å²) in [5.74, 6) is 0.962. The zero-order valence-corrected chi connectivity index (χ0v) is 10.9. The van der Waals surface area contributed by atoms with Gasteiger partial charge in [0.1, 0.15) is 5.75 Å². The van der Waals surface area contributed by atoms with Crippen molar-refractivity contribution in [3.05, 3.63) is 24.3 Å². The predicted octanol–water partition coefficient (Wildman–Crippen LogP) is 2.27. The molecule has 1 atom stereocenters. The molecule has 3 heteroatoms. The molecular formula is C14H22N2O. The topological polar surface area (TPSA) is 24.5 Å². The van der Waals surface area contributed by atoms with Crippen LogP contribution in [0.2, 0.25) is 0 Å². The second kappa shape index (κ2) is 5.41. The van der Waals surface area contributed by atoms with Crippen molar-refractivity contribution in [3.63, 3.8) is 0 Å². The minimum absolute atomic E-state index is 0.229. The van der Waals surface area contributed by atoms with Gasteiger partial charge >= 0.3 is 0 Å². The Hall–Kier alpha value is -1.22. The highest BCUT2D eigenvalue weighted by Gasteiger charge is 2.16. The summed E-state index contributed by atoms with van der Waals surface area (Å²) >= 11 is 0. The molecule has 1 aromatic carbocycles. The van der Waals surface area contributed by atoms with Crippen molar-refractivity contribution < 1.29 is 4.74 Å². The highest BCUT2D eigenvalue weighted by molar-refractivity contribution is 5.51. The molecule has 1 heterocycles. The summed E-state index contributed by atoms with van der Waals surface area (Å²) < 4.78 is 5.73. The summed E-state index contributed by atoms with van der Waals surface area (Å²) in [7, 11) is 0. The monoisotopic (exact) mass is 234 g/mol. The molecule has 0 aromatic heterocycles. The van der Waals surface area contributed by atoms with Gasteiger partial charge in [0.15, 0.2) is 0 Å². The summed E-state index contributed by atoms with van der Waals surface area (Å²) in [4.78, 5) is 2.41. The fraction of sp³-hybridized carbons (Fsp3) is 0.571. The minimum Gasteiger partial charge on any atom is -0.491 e. The Bertz CT molecular complexity index is 365. The van der Waals surface area contributed by atoms with E-state index in [-0.39, 0.29) is 6.10 Å². The van der Waals surface area contributed by atoms with Crippen molar-refractivity contribution in [3.8, 4) is 5.75 Å². The lowest BCUT2D eigenvalue weighted by molar-refractivity contribution is 0.242. The van der Waals surface area contributed by atoms with E-state index in [1.54, 1.807) is 0 Å². The summed E-state index contributed by atoms with van der Waals surface area (Å²) in [6.45, 7) is 9.51. The van der Waals surface area contributed by atoms with Gasteiger partial charge in [-0.15, -0.1) is 0 Å². The number of anilines is 1. The third-order valence-corrected chi connectivity index (χ3v) is 2.92. The molecule has 0 radical (unpaired) electrons. The SMILES string of the molecule is CC1CN(c2cccc(OC(C)C)c2)CCN1. The maximum Gasteiger partial charge on any atom is 0.121 e. The first kappa shape index (κ1) is 12.2. The van der Waals surface area contributed by atoms with Crippen LogP contribution in [0.1, 0.15) is 20.8 Å². The summed E-state index contributed by atoms with van der Waals surface area (Å²) in [6.07, 6.45) is 0.229. The summed E-state index contributed by atoms with van der Waals surface area (Å²) in [6, 6.07) is 8.94. The average molecular weight is 234 g/mol. The van der Waals surface area contributed by atoms with E-state index < -0.39 is 0 Å². The van der Waals surface area contributed by atoms with Crippen LogP contribution in [0.25, 0.3) is 0 Å². The largest absolute Gasteiger partial charge is 0.491 e. The molecule has 17 heavy (non-hydrogen) atoms. The summed E-state index contributed by atoms with van der Waals surface area (Å²) in [5.41, 5.74) is 1.26. The number of hydrogen-bond donors (Lipinski definition) is 1. The van der Waals surface area contributed by atoms with Gasteiger partial charge < -0.3 is 15.0 Å². The van der Waals surface area contributed by atoms with Crippen molar-refractivity contribution in [2.24, 2.45) is 0 Å². The number of rotatable bonds is 3. The number of hydrogen-bond acceptors (Lipinski definition) is 3. The Labute approximate surface area is 104 Å². The molecule has 0 bridgehead atoms. The molecule has 1 N–H and O–H groups in total. The minimum atomic E-state index is 0.229. The molecule has 1 aliphatic rings. The zero-order chi connectivity index (χ0) is 12.3. The second-order valence-corrected chi connectivity index (χ2v) is 4.97. The van der Waals surface area contributed by atoms with Gasteiger partial charge in [-0.25, -0.2) is 0 Å². The van der Waals surface area contributed by atoms with Gasteiger partial charge in [-0.1, -0.05) is 6.07 Å². The fourth-order valence-electron chi connectivity index (χ4n) is 2.19. The molecule has 1 aliphatic heterocycles. The van der Waals surface area contributed by atoms with E-state index in [2.05, 4.69) is 49.2 Å². The smallest absolute Gasteiger partial charge is 0.121 e. The Balaban J connectivity index is 2.09. The number of piperazine rings is 1. The molecule has 2 rings (SSSR count). The average Bonchev–Trinajstić information content (AvgIpc) is 2.28. The Morgan fingerprint density at radius 2 is 2.24 bits per heavy atom. The van der Waals surface area contributed by atoms with Crippen LogP contribution in [0.4, 0.5) is 5.69 Å². The normalized spacial score (nSPS) is 20.7. The first-order chi connectivity index (χ1) is 8.15. The van der Waals surface area contributed by atoms with Gasteiger partial charge in [0.05, 0.1) is 6.10 Å². The lowest BCUT2D eigenvalue weighted by Crippen LogP contribution is -2.49. The van der Waals surface area contributed by atoms with E-state index in [9.17, 15) is 0 Å². The van der Waals surface area contributed by atoms with Gasteiger partial charge in [0, 0.05) is 37.4 Å². The van der Waals surface area contributed by atoms with Crippen LogP contribution in [0.5, 0.6) is 5.75 Å². The molecule has 0 amide bonds. The van der Waals surface area contributed by atoms with E-state index in [4.69, 9.17) is 4.74 Å². The van der Waals surface area contributed by atoms with E-state index in [0.29, 0.717) is 6.04 Å². The van der Waals surface area contributed by atoms with Crippen molar-refractivity contribution in [2.75, 3.05) is 24.5 Å². The Kier molecular flexibility index (Phi) is 3.89. The zero-order valence-electron chi connectivity index (χ0n) is 10.9. The lowest BCUT2D eigenvalue weighted by atomic mass is 10.2. The van der Waals surface area contributed by atoms with Crippen molar-refractivity contribution in [1.82, 2.24) is 5.32 Å². The molecule has 1 aromatic rings. The molecular weight excluding hydrogens is 212 g/mol. The highest BCUT2D eigenvalue weighted by Crippen LogP contribution is 2.22. The third kappa shape index (κ3) is 3.37. The van der Waals surface area contributed by atoms with Crippen LogP contribution in [-0.2, 0) is 0 Å². The van der Waals surface area contributed by atoms with Gasteiger partial charge in [0.2, 0.25) is 0 Å². The number of benzene rings is 1. The number of nitrogens with one attached hydrogen (secondary N) is 1. The van der Waals surface area contributed by atoms with Crippen molar-refractivity contribution >= 4 is 5.69 Å². The Morgan fingerprint density at radius 3 is 2.94 bits per heavy atom. The highest BCUT2D eigenvalue weighted by atomic mass is 16.5. The van der Waals surface area contributed by atoms with Crippen LogP contribution in [0, 0.1) is 0 Å². The molecule has 3 nitrogen and oxygen atoms in total. The van der Waals surface area contributed by atoms with Crippen LogP contribution in [0.3, 0.4) is 0 Å². The molecule has 94 valence electrons. The van der Waals surface area contributed by atoms with Crippen LogP contribution >= 0.6 is 0 Å². The first-order valence-electron chi connectivity index (χ1n) is 6.40. The lowest BCUT2D eigenvalue weighted by Gasteiger charge is -2.33. The maximum atomic E-state index is 5.73. The van der Waals surface area contributed by atoms with Crippen LogP contribution in [0.15, 0.2) is 24.3 Å². The van der Waals surface area contributed by atoms with E-state index in [1.165, 1.54) is 5.69 Å². The third-order valence-electron chi connectivity index (χ3n) is 2.92. The fourth-order valence-corrected chi connectivity index (χ4v) is 2.19. The van der Waals surface area contributed by atoms with Gasteiger partial charge in [0.25, 0.3) is 0 Å². The quantitative estimate of drug-likeness (QED) is 0.868. The van der Waals surface area contributed by atoms with Crippen LogP contribution < -0.4 is 15.0 Å². The van der Waals surface area contributed by atoms with Gasteiger partial charge in [-0.3, -0.25) is 0 Å². The molecule has 0 spiro atoms. The molecule has 1 unspecified atom stereocenters. The standard InChI is InChI=1S/C14H22N2O/c1-11(2)17-14-6-4-5-13(9-14)16-8-7-15-12(3)10-16/h4-6,9,11-12,15H,7-8,10H2,1-3H3. The number of ether oxygens (including phenoxy) is 1. The van der Waals surface area contributed by atoms with Crippen molar-refractivity contribution in [2.45, 2.75) is 32.9 Å². The predicted molar refractivity (Wildman–Crippen MR) is 71.9 cm³/mol. The molecule has 1 saturated heterocycles. The van der Waals surface area contributed by atoms with E-state index >= 15 is 0 Å². The van der Waals surface area contributed by atoms with Crippen molar-refractivity contribution in [1.29, 1.82) is 0 Å². The van der Waals surface area contributed by atoms with Gasteiger partial charge in [-0.05, 0) is 32.9 Å². The van der Waals surface area contributed by atoms with E-state index in [1.807, 2.05) is 6.07 Å². The summed E-state index contributed by atoms with van der Waals surface area (Å²) in [5, 5.41) is 3.46. The molecule has 0 saturated carbocycles. The Morgan fingerprint density at radius 1 is 1.41 bits per heavy atom. The molecule has 0 aliphatic carbocycles.